The number of hydrogen-bond acceptors (Lipinski definition) is 3. The summed E-state index contributed by atoms with van der Waals surface area (Å²) < 4.78 is 0. The second kappa shape index (κ2) is 6.68. The van der Waals surface area contributed by atoms with E-state index in [1.165, 1.54) is 0 Å². The summed E-state index contributed by atoms with van der Waals surface area (Å²) in [5.41, 5.74) is 1.11. The summed E-state index contributed by atoms with van der Waals surface area (Å²) in [6, 6.07) is 9.90. The highest BCUT2D eigenvalue weighted by molar-refractivity contribution is 5.77. The highest BCUT2D eigenvalue weighted by atomic mass is 16.3. The minimum atomic E-state index is -0.120. The standard InChI is InChI=1S/C15H22N2O2/c1-17(10-13-7-14(18)8-13)11-15(19)16-9-12-5-3-2-4-6-12/h2-6,13-14,18H,7-11H2,1H3,(H,16,19). The first-order valence-electron chi connectivity index (χ1n) is 6.80. The Labute approximate surface area is 114 Å². The summed E-state index contributed by atoms with van der Waals surface area (Å²) in [6.07, 6.45) is 1.62. The molecule has 0 saturated heterocycles. The van der Waals surface area contributed by atoms with Crippen LogP contribution >= 0.6 is 0 Å². The number of amides is 1. The summed E-state index contributed by atoms with van der Waals surface area (Å²) in [4.78, 5) is 13.8. The van der Waals surface area contributed by atoms with Crippen molar-refractivity contribution >= 4 is 5.91 Å². The van der Waals surface area contributed by atoms with Crippen molar-refractivity contribution in [2.45, 2.75) is 25.5 Å². The van der Waals surface area contributed by atoms with E-state index < -0.39 is 0 Å². The molecule has 4 heteroatoms. The molecule has 1 aromatic rings. The number of hydrogen-bond donors (Lipinski definition) is 2. The van der Waals surface area contributed by atoms with Gasteiger partial charge >= 0.3 is 0 Å². The molecular weight excluding hydrogens is 240 g/mol. The molecule has 4 nitrogen and oxygen atoms in total. The Kier molecular flexibility index (Phi) is 4.93. The molecule has 1 amide bonds. The lowest BCUT2D eigenvalue weighted by molar-refractivity contribution is -0.122. The van der Waals surface area contributed by atoms with Gasteiger partial charge in [-0.3, -0.25) is 9.69 Å². The van der Waals surface area contributed by atoms with Crippen molar-refractivity contribution in [1.82, 2.24) is 10.2 Å². The molecule has 1 aromatic carbocycles. The second-order valence-corrected chi connectivity index (χ2v) is 5.45. The first kappa shape index (κ1) is 14.0. The van der Waals surface area contributed by atoms with Crippen molar-refractivity contribution in [2.24, 2.45) is 5.92 Å². The van der Waals surface area contributed by atoms with Gasteiger partial charge in [0, 0.05) is 13.1 Å². The van der Waals surface area contributed by atoms with Crippen LogP contribution in [0.3, 0.4) is 0 Å². The van der Waals surface area contributed by atoms with Crippen LogP contribution in [0.15, 0.2) is 30.3 Å². The zero-order valence-electron chi connectivity index (χ0n) is 11.4. The smallest absolute Gasteiger partial charge is 0.234 e. The van der Waals surface area contributed by atoms with Gasteiger partial charge in [0.2, 0.25) is 5.91 Å². The van der Waals surface area contributed by atoms with Crippen LogP contribution in [0.2, 0.25) is 0 Å². The fourth-order valence-electron chi connectivity index (χ4n) is 2.45. The lowest BCUT2D eigenvalue weighted by Gasteiger charge is -2.34. The molecule has 19 heavy (non-hydrogen) atoms. The number of benzene rings is 1. The van der Waals surface area contributed by atoms with Crippen LogP contribution in [-0.4, -0.2) is 42.2 Å². The van der Waals surface area contributed by atoms with Gasteiger partial charge in [-0.2, -0.15) is 0 Å². The highest BCUT2D eigenvalue weighted by Crippen LogP contribution is 2.27. The van der Waals surface area contributed by atoms with Gasteiger partial charge in [-0.15, -0.1) is 0 Å². The fraction of sp³-hybridized carbons (Fsp3) is 0.533. The highest BCUT2D eigenvalue weighted by Gasteiger charge is 2.28. The van der Waals surface area contributed by atoms with Crippen LogP contribution in [0.1, 0.15) is 18.4 Å². The number of nitrogens with zero attached hydrogens (tertiary/aromatic N) is 1. The van der Waals surface area contributed by atoms with Crippen LogP contribution in [-0.2, 0) is 11.3 Å². The third kappa shape index (κ3) is 4.65. The molecule has 0 radical (unpaired) electrons. The van der Waals surface area contributed by atoms with Crippen molar-refractivity contribution in [2.75, 3.05) is 20.1 Å². The summed E-state index contributed by atoms with van der Waals surface area (Å²) in [5.74, 6) is 0.591. The Morgan fingerprint density at radius 1 is 1.37 bits per heavy atom. The minimum Gasteiger partial charge on any atom is -0.393 e. The van der Waals surface area contributed by atoms with Crippen molar-refractivity contribution in [3.8, 4) is 0 Å². The molecule has 2 rings (SSSR count). The van der Waals surface area contributed by atoms with Crippen LogP contribution in [0, 0.1) is 5.92 Å². The molecule has 0 heterocycles. The third-order valence-electron chi connectivity index (χ3n) is 3.53. The van der Waals surface area contributed by atoms with Crippen LogP contribution in [0.4, 0.5) is 0 Å². The van der Waals surface area contributed by atoms with Gasteiger partial charge in [0.25, 0.3) is 0 Å². The van der Waals surface area contributed by atoms with Gasteiger partial charge in [0.05, 0.1) is 12.6 Å². The summed E-state index contributed by atoms with van der Waals surface area (Å²) in [5, 5.41) is 12.1. The van der Waals surface area contributed by atoms with E-state index in [2.05, 4.69) is 5.32 Å². The fourth-order valence-corrected chi connectivity index (χ4v) is 2.45. The molecule has 2 N–H and O–H groups in total. The zero-order valence-corrected chi connectivity index (χ0v) is 11.4. The monoisotopic (exact) mass is 262 g/mol. The van der Waals surface area contributed by atoms with Crippen LogP contribution in [0.5, 0.6) is 0 Å². The Hall–Kier alpha value is -1.39. The predicted octanol–water partition coefficient (Wildman–Crippen LogP) is 1.01. The minimum absolute atomic E-state index is 0.0474. The largest absolute Gasteiger partial charge is 0.393 e. The van der Waals surface area contributed by atoms with Gasteiger partial charge < -0.3 is 10.4 Å². The third-order valence-corrected chi connectivity index (χ3v) is 3.53. The molecule has 1 aliphatic rings. The maximum absolute atomic E-state index is 11.8. The van der Waals surface area contributed by atoms with Crippen molar-refractivity contribution in [3.05, 3.63) is 35.9 Å². The van der Waals surface area contributed by atoms with E-state index >= 15 is 0 Å². The predicted molar refractivity (Wildman–Crippen MR) is 74.5 cm³/mol. The van der Waals surface area contributed by atoms with Crippen LogP contribution in [0.25, 0.3) is 0 Å². The molecule has 0 bridgehead atoms. The van der Waals surface area contributed by atoms with E-state index in [0.29, 0.717) is 19.0 Å². The molecule has 1 fully saturated rings. The van der Waals surface area contributed by atoms with Gasteiger partial charge in [-0.1, -0.05) is 30.3 Å². The molecule has 104 valence electrons. The quantitative estimate of drug-likeness (QED) is 0.804. The van der Waals surface area contributed by atoms with E-state index in [4.69, 9.17) is 0 Å². The van der Waals surface area contributed by atoms with Crippen LogP contribution < -0.4 is 5.32 Å². The van der Waals surface area contributed by atoms with Crippen molar-refractivity contribution in [3.63, 3.8) is 0 Å². The average Bonchev–Trinajstić information content (AvgIpc) is 2.36. The Morgan fingerprint density at radius 2 is 2.05 bits per heavy atom. The molecular formula is C15H22N2O2. The maximum Gasteiger partial charge on any atom is 0.234 e. The summed E-state index contributed by atoms with van der Waals surface area (Å²) >= 11 is 0. The second-order valence-electron chi connectivity index (χ2n) is 5.45. The zero-order chi connectivity index (χ0) is 13.7. The van der Waals surface area contributed by atoms with Gasteiger partial charge in [0.15, 0.2) is 0 Å². The van der Waals surface area contributed by atoms with E-state index in [9.17, 15) is 9.90 Å². The Morgan fingerprint density at radius 3 is 2.68 bits per heavy atom. The van der Waals surface area contributed by atoms with E-state index in [1.54, 1.807) is 0 Å². The number of rotatable bonds is 6. The maximum atomic E-state index is 11.8. The summed E-state index contributed by atoms with van der Waals surface area (Å²) in [6.45, 7) is 1.88. The number of aliphatic hydroxyl groups is 1. The van der Waals surface area contributed by atoms with Crippen molar-refractivity contribution in [1.29, 1.82) is 0 Å². The first-order chi connectivity index (χ1) is 9.13. The van der Waals surface area contributed by atoms with E-state index in [0.717, 1.165) is 24.9 Å². The number of carbonyl (C=O) groups excluding carboxylic acids is 1. The Bertz CT molecular complexity index is 402. The topological polar surface area (TPSA) is 52.6 Å². The molecule has 1 aliphatic carbocycles. The SMILES string of the molecule is CN(CC(=O)NCc1ccccc1)CC1CC(O)C1. The van der Waals surface area contributed by atoms with Crippen molar-refractivity contribution < 1.29 is 9.90 Å². The molecule has 0 aromatic heterocycles. The number of carbonyl (C=O) groups is 1. The first-order valence-corrected chi connectivity index (χ1v) is 6.80. The molecule has 1 saturated carbocycles. The normalized spacial score (nSPS) is 22.1. The number of likely N-dealkylation sites (N-methyl/N-ethyl adjacent to an activating group) is 1. The average molecular weight is 262 g/mol. The number of nitrogens with one attached hydrogen (secondary N) is 1. The molecule has 0 aliphatic heterocycles. The molecule has 0 atom stereocenters. The number of aliphatic hydroxyl groups excluding tert-OH is 1. The van der Waals surface area contributed by atoms with E-state index in [-0.39, 0.29) is 12.0 Å². The Balaban J connectivity index is 1.63. The van der Waals surface area contributed by atoms with Gasteiger partial charge in [-0.25, -0.2) is 0 Å². The van der Waals surface area contributed by atoms with Gasteiger partial charge in [0.1, 0.15) is 0 Å². The van der Waals surface area contributed by atoms with Gasteiger partial charge in [-0.05, 0) is 31.4 Å². The molecule has 0 spiro atoms. The lowest BCUT2D eigenvalue weighted by Crippen LogP contribution is -2.41. The lowest BCUT2D eigenvalue weighted by atomic mass is 9.82. The summed E-state index contributed by atoms with van der Waals surface area (Å²) in [7, 11) is 1.95. The molecule has 0 unspecified atom stereocenters. The van der Waals surface area contributed by atoms with E-state index in [1.807, 2.05) is 42.3 Å².